The molecule has 0 amide bonds. The summed E-state index contributed by atoms with van der Waals surface area (Å²) in [6.07, 6.45) is 1.05. The van der Waals surface area contributed by atoms with Gasteiger partial charge in [-0.15, -0.1) is 0 Å². The summed E-state index contributed by atoms with van der Waals surface area (Å²) >= 11 is 1.61. The highest BCUT2D eigenvalue weighted by Crippen LogP contribution is 2.12. The maximum atomic E-state index is 13.0. The van der Waals surface area contributed by atoms with Crippen molar-refractivity contribution in [3.05, 3.63) is 35.1 Å². The number of carboxylic acid groups (broad SMARTS) is 1. The van der Waals surface area contributed by atoms with Crippen molar-refractivity contribution in [1.29, 1.82) is 0 Å². The van der Waals surface area contributed by atoms with Gasteiger partial charge in [-0.2, -0.15) is 11.8 Å². The second kappa shape index (κ2) is 6.53. The van der Waals surface area contributed by atoms with Gasteiger partial charge in [-0.3, -0.25) is 4.79 Å². The van der Waals surface area contributed by atoms with Gasteiger partial charge in [-0.25, -0.2) is 4.39 Å². The number of hydrogen-bond acceptors (Lipinski definition) is 2. The third-order valence-corrected chi connectivity index (χ3v) is 3.20. The van der Waals surface area contributed by atoms with Crippen molar-refractivity contribution in [1.82, 2.24) is 0 Å². The van der Waals surface area contributed by atoms with E-state index < -0.39 is 5.97 Å². The van der Waals surface area contributed by atoms with Gasteiger partial charge < -0.3 is 5.11 Å². The predicted octanol–water partition coefficient (Wildman–Crippen LogP) is 2.88. The smallest absolute Gasteiger partial charge is 0.304 e. The molecule has 1 rings (SSSR count). The first kappa shape index (κ1) is 13.0. The van der Waals surface area contributed by atoms with E-state index in [1.54, 1.807) is 24.8 Å². The summed E-state index contributed by atoms with van der Waals surface area (Å²) in [7, 11) is 0. The minimum absolute atomic E-state index is 0.178. The van der Waals surface area contributed by atoms with Crippen LogP contribution in [0.5, 0.6) is 0 Å². The first-order valence-corrected chi connectivity index (χ1v) is 6.29. The first-order chi connectivity index (χ1) is 7.59. The molecule has 88 valence electrons. The highest BCUT2D eigenvalue weighted by atomic mass is 32.2. The number of carboxylic acids is 1. The summed E-state index contributed by atoms with van der Waals surface area (Å²) in [4.78, 5) is 10.3. The first-order valence-electron chi connectivity index (χ1n) is 5.14. The molecule has 2 nitrogen and oxygen atoms in total. The Balaban J connectivity index is 2.27. The molecule has 0 aliphatic rings. The van der Waals surface area contributed by atoms with Crippen LogP contribution < -0.4 is 0 Å². The molecule has 1 aromatic rings. The van der Waals surface area contributed by atoms with Gasteiger partial charge in [0.2, 0.25) is 0 Å². The Labute approximate surface area is 98.9 Å². The summed E-state index contributed by atoms with van der Waals surface area (Å²) in [5, 5.41) is 8.44. The predicted molar refractivity (Wildman–Crippen MR) is 64.4 cm³/mol. The molecule has 4 heteroatoms. The van der Waals surface area contributed by atoms with Crippen molar-refractivity contribution in [3.63, 3.8) is 0 Å². The highest BCUT2D eigenvalue weighted by Gasteiger charge is 2.00. The average Bonchev–Trinajstić information content (AvgIpc) is 2.22. The van der Waals surface area contributed by atoms with Crippen molar-refractivity contribution in [2.45, 2.75) is 19.8 Å². The molecule has 0 saturated carbocycles. The molecular weight excluding hydrogens is 227 g/mol. The van der Waals surface area contributed by atoms with Crippen LogP contribution in [-0.4, -0.2) is 22.6 Å². The average molecular weight is 242 g/mol. The Kier molecular flexibility index (Phi) is 5.32. The van der Waals surface area contributed by atoms with E-state index in [1.807, 2.05) is 6.07 Å². The van der Waals surface area contributed by atoms with Crippen molar-refractivity contribution in [3.8, 4) is 0 Å². The van der Waals surface area contributed by atoms with Crippen LogP contribution in [0.2, 0.25) is 0 Å². The van der Waals surface area contributed by atoms with Crippen LogP contribution in [0.1, 0.15) is 17.5 Å². The molecule has 0 spiro atoms. The van der Waals surface area contributed by atoms with E-state index in [0.717, 1.165) is 17.7 Å². The third-order valence-electron chi connectivity index (χ3n) is 2.22. The molecule has 0 aliphatic heterocycles. The number of carbonyl (C=O) groups is 1. The van der Waals surface area contributed by atoms with Gasteiger partial charge in [0, 0.05) is 5.75 Å². The van der Waals surface area contributed by atoms with Crippen molar-refractivity contribution in [2.24, 2.45) is 0 Å². The minimum Gasteiger partial charge on any atom is -0.481 e. The van der Waals surface area contributed by atoms with Crippen molar-refractivity contribution >= 4 is 17.7 Å². The quantitative estimate of drug-likeness (QED) is 0.779. The van der Waals surface area contributed by atoms with E-state index in [9.17, 15) is 9.18 Å². The number of rotatable bonds is 6. The molecule has 0 radical (unpaired) electrons. The van der Waals surface area contributed by atoms with E-state index in [-0.39, 0.29) is 12.2 Å². The molecule has 0 bridgehead atoms. The lowest BCUT2D eigenvalue weighted by Crippen LogP contribution is -1.98. The third kappa shape index (κ3) is 4.66. The number of aliphatic carboxylic acids is 1. The fourth-order valence-corrected chi connectivity index (χ4v) is 2.22. The Hall–Kier alpha value is -1.03. The van der Waals surface area contributed by atoms with Gasteiger partial charge in [0.05, 0.1) is 6.42 Å². The second-order valence-corrected chi connectivity index (χ2v) is 4.81. The molecule has 0 heterocycles. The highest BCUT2D eigenvalue weighted by molar-refractivity contribution is 7.99. The van der Waals surface area contributed by atoms with E-state index >= 15 is 0 Å². The van der Waals surface area contributed by atoms with Crippen LogP contribution in [0.4, 0.5) is 4.39 Å². The zero-order valence-corrected chi connectivity index (χ0v) is 10.0. The van der Waals surface area contributed by atoms with Gasteiger partial charge in [-0.1, -0.05) is 12.1 Å². The lowest BCUT2D eigenvalue weighted by Gasteiger charge is -2.03. The van der Waals surface area contributed by atoms with E-state index in [4.69, 9.17) is 5.11 Å². The zero-order chi connectivity index (χ0) is 12.0. The topological polar surface area (TPSA) is 37.3 Å². The molecule has 0 unspecified atom stereocenters. The van der Waals surface area contributed by atoms with Crippen LogP contribution in [0, 0.1) is 12.7 Å². The molecule has 1 N–H and O–H groups in total. The van der Waals surface area contributed by atoms with Crippen LogP contribution in [0.3, 0.4) is 0 Å². The molecule has 0 atom stereocenters. The summed E-state index contributed by atoms with van der Waals surface area (Å²) in [6, 6.07) is 5.10. The molecule has 0 fully saturated rings. The molecule has 0 aliphatic carbocycles. The Morgan fingerprint density at radius 2 is 2.19 bits per heavy atom. The second-order valence-electron chi connectivity index (χ2n) is 3.59. The minimum atomic E-state index is -0.759. The molecule has 0 aromatic heterocycles. The van der Waals surface area contributed by atoms with Crippen LogP contribution in [0.15, 0.2) is 18.2 Å². The van der Waals surface area contributed by atoms with Gasteiger partial charge in [0.25, 0.3) is 0 Å². The summed E-state index contributed by atoms with van der Waals surface area (Å²) in [6.45, 7) is 1.75. The number of halogens is 1. The number of thioether (sulfide) groups is 1. The summed E-state index contributed by atoms with van der Waals surface area (Å²) < 4.78 is 13.0. The zero-order valence-electron chi connectivity index (χ0n) is 9.20. The standard InChI is InChI=1S/C12H15FO2S/c1-9-8-10(2-3-11(9)13)4-6-16-7-5-12(14)15/h2-3,8H,4-7H2,1H3,(H,14,15). The van der Waals surface area contributed by atoms with Gasteiger partial charge in [0.15, 0.2) is 0 Å². The lowest BCUT2D eigenvalue weighted by atomic mass is 10.1. The van der Waals surface area contributed by atoms with E-state index in [1.165, 1.54) is 6.07 Å². The lowest BCUT2D eigenvalue weighted by molar-refractivity contribution is -0.136. The van der Waals surface area contributed by atoms with E-state index in [2.05, 4.69) is 0 Å². The molecule has 1 aromatic carbocycles. The SMILES string of the molecule is Cc1cc(CCSCCC(=O)O)ccc1F. The largest absolute Gasteiger partial charge is 0.481 e. The van der Waals surface area contributed by atoms with Gasteiger partial charge >= 0.3 is 5.97 Å². The fourth-order valence-electron chi connectivity index (χ4n) is 1.31. The number of aryl methyl sites for hydroxylation is 2. The normalized spacial score (nSPS) is 10.4. The van der Waals surface area contributed by atoms with Gasteiger partial charge in [0.1, 0.15) is 5.82 Å². The van der Waals surface area contributed by atoms with E-state index in [0.29, 0.717) is 11.3 Å². The Morgan fingerprint density at radius 3 is 2.81 bits per heavy atom. The van der Waals surface area contributed by atoms with Gasteiger partial charge in [-0.05, 0) is 36.3 Å². The van der Waals surface area contributed by atoms with Crippen molar-refractivity contribution in [2.75, 3.05) is 11.5 Å². The molecule has 16 heavy (non-hydrogen) atoms. The fraction of sp³-hybridized carbons (Fsp3) is 0.417. The summed E-state index contributed by atoms with van der Waals surface area (Å²) in [5.41, 5.74) is 1.76. The molecular formula is C12H15FO2S. The monoisotopic (exact) mass is 242 g/mol. The Bertz CT molecular complexity index is 366. The number of hydrogen-bond donors (Lipinski definition) is 1. The van der Waals surface area contributed by atoms with Crippen LogP contribution in [0.25, 0.3) is 0 Å². The summed E-state index contributed by atoms with van der Waals surface area (Å²) in [5.74, 6) is 0.570. The maximum Gasteiger partial charge on any atom is 0.304 e. The number of benzene rings is 1. The van der Waals surface area contributed by atoms with Crippen LogP contribution in [-0.2, 0) is 11.2 Å². The molecule has 0 saturated heterocycles. The van der Waals surface area contributed by atoms with Crippen molar-refractivity contribution < 1.29 is 14.3 Å². The van der Waals surface area contributed by atoms with Crippen LogP contribution >= 0.6 is 11.8 Å². The maximum absolute atomic E-state index is 13.0. The Morgan fingerprint density at radius 1 is 1.44 bits per heavy atom.